The van der Waals surface area contributed by atoms with Crippen LogP contribution in [0.25, 0.3) is 75.8 Å². The molecule has 0 fully saturated rings. The van der Waals surface area contributed by atoms with Crippen LogP contribution in [-0.4, -0.2) is 4.33 Å². The molecule has 0 saturated carbocycles. The van der Waals surface area contributed by atoms with E-state index in [9.17, 15) is 0 Å². The van der Waals surface area contributed by atoms with Crippen LogP contribution in [0, 0.1) is 0 Å². The van der Waals surface area contributed by atoms with Gasteiger partial charge >= 0.3 is 0 Å². The third-order valence-corrected chi connectivity index (χ3v) is 16.6. The van der Waals surface area contributed by atoms with Gasteiger partial charge in [0.2, 0.25) is 4.33 Å². The third-order valence-electron chi connectivity index (χ3n) is 13.6. The molecule has 0 atom stereocenters. The second-order valence-corrected chi connectivity index (χ2v) is 19.8. The smallest absolute Gasteiger partial charge is 0.229 e. The number of hydrogen-bond donors (Lipinski definition) is 0. The molecule has 65 heavy (non-hydrogen) atoms. The lowest BCUT2D eigenvalue weighted by atomic mass is 9.91. The van der Waals surface area contributed by atoms with Crippen LogP contribution in [0.5, 0.6) is 0 Å². The Labute approximate surface area is 387 Å². The number of benzene rings is 10. The molecule has 0 bridgehead atoms. The molecule has 1 aliphatic carbocycles. The van der Waals surface area contributed by atoms with E-state index in [0.29, 0.717) is 0 Å². The molecule has 0 aromatic heterocycles. The Balaban J connectivity index is 1.09. The average Bonchev–Trinajstić information content (AvgIpc) is 3.88. The zero-order valence-corrected chi connectivity index (χ0v) is 37.3. The monoisotopic (exact) mass is 866 g/mol. The van der Waals surface area contributed by atoms with Crippen molar-refractivity contribution in [3.8, 4) is 0 Å². The van der Waals surface area contributed by atoms with Gasteiger partial charge in [-0.05, 0) is 148 Å². The van der Waals surface area contributed by atoms with Crippen molar-refractivity contribution in [1.82, 2.24) is 0 Å². The van der Waals surface area contributed by atoms with Gasteiger partial charge in [-0.1, -0.05) is 194 Å². The topological polar surface area (TPSA) is 6.48 Å². The van der Waals surface area contributed by atoms with Crippen LogP contribution in [0.3, 0.4) is 0 Å². The fourth-order valence-electron chi connectivity index (χ4n) is 10.8. The van der Waals surface area contributed by atoms with Gasteiger partial charge < -0.3 is 0 Å². The first-order valence-electron chi connectivity index (χ1n) is 22.4. The maximum atomic E-state index is 4.29. The standard InChI is InChI=1S/C61H42N2S2/c1-3-18-39(4-2)53-37-59-60(38-54(53)40-19-6-5-7-20-40)65-61(64-59)62(41-31-33-51-47-25-10-8-21-43(47)45-23-12-14-27-49(45)55(51)35-41)57-29-16-17-30-58(57)63(61)42-32-34-52-48-26-11-9-22-44(48)46-24-13-15-28-50(46)56(52)36-42/h3-4,6,8-38H,1-2,5,7H2/b39-18+. The number of hydrogen-bond acceptors (Lipinski definition) is 4. The number of anilines is 4. The Hall–Kier alpha value is -7.24. The van der Waals surface area contributed by atoms with Gasteiger partial charge in [0, 0.05) is 21.2 Å². The van der Waals surface area contributed by atoms with Crippen molar-refractivity contribution >= 4 is 122 Å². The van der Waals surface area contributed by atoms with Gasteiger partial charge in [-0.3, -0.25) is 9.80 Å². The quantitative estimate of drug-likeness (QED) is 0.121. The summed E-state index contributed by atoms with van der Waals surface area (Å²) in [6.45, 7) is 8.38. The molecule has 10 aromatic rings. The summed E-state index contributed by atoms with van der Waals surface area (Å²) < 4.78 is -0.685. The highest BCUT2D eigenvalue weighted by Gasteiger charge is 2.57. The van der Waals surface area contributed by atoms with E-state index in [1.807, 2.05) is 35.7 Å². The number of rotatable bonds is 6. The molecule has 0 N–H and O–H groups in total. The molecular weight excluding hydrogens is 825 g/mol. The Bertz CT molecular complexity index is 3540. The largest absolute Gasteiger partial charge is 0.298 e. The van der Waals surface area contributed by atoms with E-state index in [2.05, 4.69) is 217 Å². The summed E-state index contributed by atoms with van der Waals surface area (Å²) in [7, 11) is 0. The molecule has 2 heterocycles. The van der Waals surface area contributed by atoms with Crippen LogP contribution in [0.4, 0.5) is 22.7 Å². The number of fused-ring (bicyclic) bond motifs is 14. The predicted octanol–water partition coefficient (Wildman–Crippen LogP) is 17.9. The Morgan fingerprint density at radius 1 is 0.477 bits per heavy atom. The van der Waals surface area contributed by atoms with Crippen LogP contribution >= 0.6 is 23.5 Å². The second-order valence-electron chi connectivity index (χ2n) is 17.1. The van der Waals surface area contributed by atoms with Gasteiger partial charge in [0.05, 0.1) is 11.4 Å². The van der Waals surface area contributed by atoms with Crippen LogP contribution < -0.4 is 9.80 Å². The van der Waals surface area contributed by atoms with Gasteiger partial charge in [0.1, 0.15) is 0 Å². The lowest BCUT2D eigenvalue weighted by Crippen LogP contribution is -2.46. The molecule has 13 rings (SSSR count). The first-order valence-corrected chi connectivity index (χ1v) is 24.0. The fraction of sp³-hybridized carbons (Fsp3) is 0.0492. The fourth-order valence-corrected chi connectivity index (χ4v) is 14.2. The summed E-state index contributed by atoms with van der Waals surface area (Å²) in [5.74, 6) is 0. The summed E-state index contributed by atoms with van der Waals surface area (Å²) >= 11 is 3.89. The Kier molecular flexibility index (Phi) is 8.78. The van der Waals surface area contributed by atoms with Gasteiger partial charge in [-0.15, -0.1) is 0 Å². The third kappa shape index (κ3) is 5.70. The van der Waals surface area contributed by atoms with Crippen molar-refractivity contribution in [3.63, 3.8) is 0 Å². The molecule has 3 aliphatic rings. The predicted molar refractivity (Wildman–Crippen MR) is 284 cm³/mol. The molecule has 2 nitrogen and oxygen atoms in total. The summed E-state index contributed by atoms with van der Waals surface area (Å²) in [4.78, 5) is 7.74. The van der Waals surface area contributed by atoms with E-state index in [1.54, 1.807) is 0 Å². The van der Waals surface area contributed by atoms with Crippen LogP contribution in [0.2, 0.25) is 0 Å². The van der Waals surface area contributed by atoms with Crippen molar-refractivity contribution < 1.29 is 0 Å². The van der Waals surface area contributed by atoms with Gasteiger partial charge in [-0.2, -0.15) is 0 Å². The zero-order valence-electron chi connectivity index (χ0n) is 35.7. The van der Waals surface area contributed by atoms with Crippen LogP contribution in [0.15, 0.2) is 229 Å². The Morgan fingerprint density at radius 2 is 0.908 bits per heavy atom. The first kappa shape index (κ1) is 38.2. The molecule has 0 unspecified atom stereocenters. The van der Waals surface area contributed by atoms with Crippen molar-refractivity contribution in [2.75, 3.05) is 9.80 Å². The molecule has 10 aromatic carbocycles. The van der Waals surface area contributed by atoms with E-state index in [-0.39, 0.29) is 0 Å². The number of nitrogens with zero attached hydrogens (tertiary/aromatic N) is 2. The maximum Gasteiger partial charge on any atom is 0.229 e. The van der Waals surface area contributed by atoms with Gasteiger partial charge in [0.15, 0.2) is 0 Å². The van der Waals surface area contributed by atoms with Crippen molar-refractivity contribution in [3.05, 3.63) is 231 Å². The van der Waals surface area contributed by atoms with E-state index < -0.39 is 4.33 Å². The van der Waals surface area contributed by atoms with Crippen LogP contribution in [0.1, 0.15) is 24.0 Å². The molecule has 0 saturated heterocycles. The van der Waals surface area contributed by atoms with E-state index >= 15 is 0 Å². The van der Waals surface area contributed by atoms with Crippen molar-refractivity contribution in [2.45, 2.75) is 27.0 Å². The molecule has 1 spiro atoms. The van der Waals surface area contributed by atoms with E-state index in [1.165, 1.54) is 103 Å². The first-order chi connectivity index (χ1) is 32.1. The minimum atomic E-state index is -0.685. The minimum Gasteiger partial charge on any atom is -0.298 e. The SMILES string of the molecule is C=C/C=C(\C=C)c1cc2c(cc1C1=CCCC=C1)SC1(S2)N(c2ccc3c4ccccc4c4ccccc4c3c2)c2ccccc2N1c1ccc2c3ccccc3c3ccccc3c2c1. The van der Waals surface area contributed by atoms with Gasteiger partial charge in [0.25, 0.3) is 0 Å². The molecule has 308 valence electrons. The molecule has 0 amide bonds. The second kappa shape index (κ2) is 14.9. The number of para-hydroxylation sites is 2. The molecule has 2 aliphatic heterocycles. The summed E-state index contributed by atoms with van der Waals surface area (Å²) in [6, 6.07) is 63.7. The summed E-state index contributed by atoms with van der Waals surface area (Å²) in [5, 5.41) is 15.2. The number of allylic oxidation sites excluding steroid dienone is 8. The molecule has 4 heteroatoms. The number of thioether (sulfide) groups is 2. The highest BCUT2D eigenvalue weighted by Crippen LogP contribution is 2.69. The van der Waals surface area contributed by atoms with E-state index in [4.69, 9.17) is 0 Å². The normalized spacial score (nSPS) is 15.4. The molecular formula is C61H42N2S2. The summed E-state index contributed by atoms with van der Waals surface area (Å²) in [6.07, 6.45) is 15.0. The van der Waals surface area contributed by atoms with E-state index in [0.717, 1.165) is 29.8 Å². The lowest BCUT2D eigenvalue weighted by Gasteiger charge is -2.41. The highest BCUT2D eigenvalue weighted by molar-refractivity contribution is 8.21. The minimum absolute atomic E-state index is 0.685. The highest BCUT2D eigenvalue weighted by atomic mass is 32.2. The average molecular weight is 867 g/mol. The van der Waals surface area contributed by atoms with Crippen molar-refractivity contribution in [2.24, 2.45) is 0 Å². The summed E-state index contributed by atoms with van der Waals surface area (Å²) in [5.41, 5.74) is 9.35. The van der Waals surface area contributed by atoms with Crippen molar-refractivity contribution in [1.29, 1.82) is 0 Å². The van der Waals surface area contributed by atoms with Crippen LogP contribution in [-0.2, 0) is 0 Å². The molecule has 0 radical (unpaired) electrons. The van der Waals surface area contributed by atoms with Gasteiger partial charge in [-0.25, -0.2) is 0 Å². The Morgan fingerprint density at radius 3 is 1.34 bits per heavy atom. The lowest BCUT2D eigenvalue weighted by molar-refractivity contribution is 0.870. The maximum absolute atomic E-state index is 4.29. The zero-order chi connectivity index (χ0) is 43.2.